The van der Waals surface area contributed by atoms with Crippen LogP contribution in [0, 0.1) is 17.3 Å². The van der Waals surface area contributed by atoms with Crippen LogP contribution in [0.4, 0.5) is 0 Å². The second-order valence-electron chi connectivity index (χ2n) is 8.31. The first-order valence-corrected chi connectivity index (χ1v) is 9.76. The number of aryl methyl sites for hydroxylation is 1. The molecule has 0 N–H and O–H groups in total. The number of nitrogens with zero attached hydrogens (tertiary/aromatic N) is 4. The van der Waals surface area contributed by atoms with Gasteiger partial charge in [0.05, 0.1) is 32.5 Å². The Balaban J connectivity index is 1.70. The van der Waals surface area contributed by atoms with Crippen LogP contribution >= 0.6 is 0 Å². The van der Waals surface area contributed by atoms with E-state index >= 15 is 0 Å². The van der Waals surface area contributed by atoms with Gasteiger partial charge in [0, 0.05) is 16.5 Å². The molecule has 0 saturated carbocycles. The monoisotopic (exact) mass is 382 g/mol. The number of rotatable bonds is 5. The number of hydrogen-bond acceptors (Lipinski definition) is 5. The minimum atomic E-state index is -0.275. The number of benzene rings is 1. The van der Waals surface area contributed by atoms with Crippen molar-refractivity contribution in [3.8, 4) is 23.1 Å². The minimum absolute atomic E-state index is 0.0667. The second-order valence-corrected chi connectivity index (χ2v) is 8.31. The van der Waals surface area contributed by atoms with Crippen molar-refractivity contribution in [2.75, 3.05) is 33.9 Å². The lowest BCUT2D eigenvalue weighted by Gasteiger charge is -2.34. The van der Waals surface area contributed by atoms with Crippen LogP contribution in [0.15, 0.2) is 24.4 Å². The van der Waals surface area contributed by atoms with E-state index in [2.05, 4.69) is 60.0 Å². The van der Waals surface area contributed by atoms with E-state index < -0.39 is 0 Å². The molecule has 0 aliphatic carbocycles. The van der Waals surface area contributed by atoms with Gasteiger partial charge in [0.1, 0.15) is 5.69 Å². The van der Waals surface area contributed by atoms with Crippen LogP contribution in [0.25, 0.3) is 11.3 Å². The Morgan fingerprint density at radius 2 is 2.00 bits per heavy atom. The second kappa shape index (κ2) is 8.87. The zero-order valence-corrected chi connectivity index (χ0v) is 17.5. The van der Waals surface area contributed by atoms with Crippen molar-refractivity contribution in [2.24, 2.45) is 5.41 Å². The molecule has 1 aromatic heterocycles. The fourth-order valence-corrected chi connectivity index (χ4v) is 3.01. The molecule has 28 heavy (non-hydrogen) atoms. The van der Waals surface area contributed by atoms with Gasteiger partial charge in [0.2, 0.25) is 0 Å². The molecular weight excluding hydrogens is 352 g/mol. The van der Waals surface area contributed by atoms with Crippen molar-refractivity contribution in [2.45, 2.75) is 40.0 Å². The first-order valence-electron chi connectivity index (χ1n) is 9.76. The molecular formula is C22H30N4O2. The van der Waals surface area contributed by atoms with Crippen LogP contribution in [0.5, 0.6) is 0 Å². The Labute approximate surface area is 167 Å². The maximum absolute atomic E-state index is 5.80. The van der Waals surface area contributed by atoms with Crippen molar-refractivity contribution in [1.82, 2.24) is 19.9 Å². The van der Waals surface area contributed by atoms with Crippen LogP contribution < -0.4 is 0 Å². The molecule has 6 nitrogen and oxygen atoms in total. The Morgan fingerprint density at radius 1 is 1.25 bits per heavy atom. The maximum atomic E-state index is 5.80. The smallest absolute Gasteiger partial charge is 0.177 e. The summed E-state index contributed by atoms with van der Waals surface area (Å²) in [6.07, 6.45) is 2.59. The highest BCUT2D eigenvalue weighted by Gasteiger charge is 2.28. The summed E-state index contributed by atoms with van der Waals surface area (Å²) in [7, 11) is 4.03. The van der Waals surface area contributed by atoms with Gasteiger partial charge in [-0.15, -0.1) is 5.10 Å². The lowest BCUT2D eigenvalue weighted by Crippen LogP contribution is -2.39. The minimum Gasteiger partial charge on any atom is -0.350 e. The average Bonchev–Trinajstić information content (AvgIpc) is 3.11. The van der Waals surface area contributed by atoms with Crippen molar-refractivity contribution < 1.29 is 9.47 Å². The largest absolute Gasteiger partial charge is 0.350 e. The number of hydrogen-bond donors (Lipinski definition) is 0. The van der Waals surface area contributed by atoms with Crippen molar-refractivity contribution in [3.63, 3.8) is 0 Å². The molecule has 6 heteroatoms. The quantitative estimate of drug-likeness (QED) is 0.745. The Morgan fingerprint density at radius 3 is 2.68 bits per heavy atom. The molecule has 1 aliphatic rings. The molecule has 0 radical (unpaired) electrons. The van der Waals surface area contributed by atoms with E-state index in [0.29, 0.717) is 19.8 Å². The van der Waals surface area contributed by atoms with Crippen molar-refractivity contribution >= 4 is 0 Å². The van der Waals surface area contributed by atoms with E-state index in [-0.39, 0.29) is 11.7 Å². The third kappa shape index (κ3) is 5.41. The third-order valence-electron chi connectivity index (χ3n) is 4.58. The molecule has 3 rings (SSSR count). The summed E-state index contributed by atoms with van der Waals surface area (Å²) in [4.78, 5) is 2.06. The first-order chi connectivity index (χ1) is 13.4. The molecule has 2 aromatic rings. The van der Waals surface area contributed by atoms with Gasteiger partial charge in [-0.05, 0) is 38.2 Å². The molecule has 0 atom stereocenters. The van der Waals surface area contributed by atoms with Crippen molar-refractivity contribution in [1.29, 1.82) is 0 Å². The third-order valence-corrected chi connectivity index (χ3v) is 4.58. The molecule has 1 aliphatic heterocycles. The summed E-state index contributed by atoms with van der Waals surface area (Å²) in [6, 6.07) is 6.28. The van der Waals surface area contributed by atoms with Gasteiger partial charge in [-0.25, -0.2) is 4.68 Å². The molecule has 0 unspecified atom stereocenters. The molecule has 150 valence electrons. The van der Waals surface area contributed by atoms with Gasteiger partial charge < -0.3 is 9.47 Å². The summed E-state index contributed by atoms with van der Waals surface area (Å²) >= 11 is 0. The highest BCUT2D eigenvalue weighted by atomic mass is 16.7. The Hall–Kier alpha value is -2.20. The summed E-state index contributed by atoms with van der Waals surface area (Å²) in [5, 5.41) is 8.63. The fourth-order valence-electron chi connectivity index (χ4n) is 3.01. The normalized spacial score (nSPS) is 16.8. The summed E-state index contributed by atoms with van der Waals surface area (Å²) < 4.78 is 13.4. The van der Waals surface area contributed by atoms with Crippen LogP contribution in [-0.2, 0) is 22.4 Å². The maximum Gasteiger partial charge on any atom is 0.177 e. The van der Waals surface area contributed by atoms with Gasteiger partial charge in [-0.3, -0.25) is 4.90 Å². The SMILES string of the molecule is CCc1cc(C#CCN(C)C)ccc1-c1cn(CC2OCC(C)(C)CO2)nn1. The fraction of sp³-hybridized carbons (Fsp3) is 0.545. The van der Waals surface area contributed by atoms with E-state index in [1.807, 2.05) is 26.4 Å². The molecule has 2 heterocycles. The summed E-state index contributed by atoms with van der Waals surface area (Å²) in [5.41, 5.74) is 4.27. The molecule has 0 bridgehead atoms. The van der Waals surface area contributed by atoms with E-state index in [9.17, 15) is 0 Å². The number of aromatic nitrogens is 3. The van der Waals surface area contributed by atoms with Crippen molar-refractivity contribution in [3.05, 3.63) is 35.5 Å². The van der Waals surface area contributed by atoms with E-state index in [1.165, 1.54) is 5.56 Å². The van der Waals surface area contributed by atoms with Crippen LogP contribution in [0.2, 0.25) is 0 Å². The average molecular weight is 383 g/mol. The van der Waals surface area contributed by atoms with Gasteiger partial charge in [-0.1, -0.05) is 43.9 Å². The van der Waals surface area contributed by atoms with Crippen LogP contribution in [0.3, 0.4) is 0 Å². The van der Waals surface area contributed by atoms with Gasteiger partial charge in [0.25, 0.3) is 0 Å². The topological polar surface area (TPSA) is 52.4 Å². The Bertz CT molecular complexity index is 851. The predicted octanol–water partition coefficient (Wildman–Crippen LogP) is 2.82. The van der Waals surface area contributed by atoms with Crippen LogP contribution in [0.1, 0.15) is 31.9 Å². The van der Waals surface area contributed by atoms with E-state index in [1.54, 1.807) is 4.68 Å². The zero-order valence-electron chi connectivity index (χ0n) is 17.5. The first kappa shape index (κ1) is 20.5. The summed E-state index contributed by atoms with van der Waals surface area (Å²) in [5.74, 6) is 6.41. The molecule has 0 spiro atoms. The molecule has 1 fully saturated rings. The molecule has 1 aromatic carbocycles. The lowest BCUT2D eigenvalue weighted by atomic mass is 9.96. The lowest BCUT2D eigenvalue weighted by molar-refractivity contribution is -0.227. The van der Waals surface area contributed by atoms with Gasteiger partial charge in [-0.2, -0.15) is 0 Å². The zero-order chi connectivity index (χ0) is 20.1. The molecule has 0 amide bonds. The predicted molar refractivity (Wildman–Crippen MR) is 110 cm³/mol. The highest BCUT2D eigenvalue weighted by molar-refractivity contribution is 5.64. The standard InChI is InChI=1S/C22H30N4O2/c1-6-18-12-17(8-7-11-25(4)5)9-10-19(18)20-13-26(24-23-20)14-21-27-15-22(2,3)16-28-21/h9-10,12-13,21H,6,11,14-16H2,1-5H3. The van der Waals surface area contributed by atoms with Crippen LogP contribution in [-0.4, -0.2) is 60.0 Å². The van der Waals surface area contributed by atoms with Gasteiger partial charge >= 0.3 is 0 Å². The van der Waals surface area contributed by atoms with E-state index in [4.69, 9.17) is 9.47 Å². The van der Waals surface area contributed by atoms with E-state index in [0.717, 1.165) is 29.8 Å². The summed E-state index contributed by atoms with van der Waals surface area (Å²) in [6.45, 7) is 9.09. The highest BCUT2D eigenvalue weighted by Crippen LogP contribution is 2.25. The molecule has 1 saturated heterocycles. The Kier molecular flexibility index (Phi) is 6.50. The van der Waals surface area contributed by atoms with Gasteiger partial charge in [0.15, 0.2) is 6.29 Å². The number of ether oxygens (including phenoxy) is 2.